The van der Waals surface area contributed by atoms with Gasteiger partial charge in [0.1, 0.15) is 11.9 Å². The number of nitrogens with one attached hydrogen (secondary N) is 2. The van der Waals surface area contributed by atoms with Gasteiger partial charge in [0, 0.05) is 25.2 Å². The Morgan fingerprint density at radius 1 is 1.16 bits per heavy atom. The van der Waals surface area contributed by atoms with Crippen molar-refractivity contribution in [1.82, 2.24) is 15.5 Å². The second-order valence-electron chi connectivity index (χ2n) is 8.44. The molecule has 1 aromatic carbocycles. The summed E-state index contributed by atoms with van der Waals surface area (Å²) < 4.78 is 5.85. The van der Waals surface area contributed by atoms with Crippen LogP contribution in [-0.4, -0.2) is 55.5 Å². The number of likely N-dealkylation sites (tertiary alicyclic amines) is 1. The highest BCUT2D eigenvalue weighted by atomic mass is 35.5. The number of nitrogens with zero attached hydrogens (tertiary/aromatic N) is 2. The highest BCUT2D eigenvalue weighted by Crippen LogP contribution is 2.52. The Morgan fingerprint density at radius 2 is 1.81 bits per heavy atom. The Labute approximate surface area is 187 Å². The van der Waals surface area contributed by atoms with Crippen LogP contribution in [0.25, 0.3) is 0 Å². The minimum absolute atomic E-state index is 0.0162. The number of aliphatic imine (C=N–C) groups is 1. The number of amides is 2. The number of benzene rings is 1. The zero-order valence-corrected chi connectivity index (χ0v) is 18.6. The first-order valence-electron chi connectivity index (χ1n) is 10.9. The molecule has 0 radical (unpaired) electrons. The zero-order valence-electron chi connectivity index (χ0n) is 17.9. The third-order valence-electron chi connectivity index (χ3n) is 6.34. The maximum Gasteiger partial charge on any atom is 0.233 e. The Bertz CT molecular complexity index is 855. The number of ether oxygens (including phenoxy) is 1. The van der Waals surface area contributed by atoms with Crippen LogP contribution < -0.4 is 15.4 Å². The molecule has 5 unspecified atom stereocenters. The molecule has 2 aliphatic carbocycles. The molecule has 2 fully saturated rings. The van der Waals surface area contributed by atoms with Gasteiger partial charge in [0.05, 0.1) is 18.4 Å². The fraction of sp³-hybridized carbons (Fsp3) is 0.522. The average Bonchev–Trinajstić information content (AvgIpc) is 3.44. The number of carbonyl (C=O) groups excluding carboxylic acids is 2. The van der Waals surface area contributed by atoms with Crippen LogP contribution in [0.1, 0.15) is 19.8 Å². The van der Waals surface area contributed by atoms with Crippen molar-refractivity contribution in [2.45, 2.75) is 25.9 Å². The Morgan fingerprint density at radius 3 is 2.42 bits per heavy atom. The van der Waals surface area contributed by atoms with Gasteiger partial charge in [0.25, 0.3) is 0 Å². The van der Waals surface area contributed by atoms with E-state index in [4.69, 9.17) is 16.3 Å². The van der Waals surface area contributed by atoms with E-state index in [1.165, 1.54) is 4.90 Å². The van der Waals surface area contributed by atoms with E-state index in [-0.39, 0.29) is 41.6 Å². The van der Waals surface area contributed by atoms with Gasteiger partial charge in [-0.2, -0.15) is 0 Å². The number of hydrogen-bond acceptors (Lipinski definition) is 4. The molecule has 1 saturated carbocycles. The summed E-state index contributed by atoms with van der Waals surface area (Å²) in [4.78, 5) is 31.1. The molecule has 5 atom stereocenters. The molecule has 0 spiro atoms. The van der Waals surface area contributed by atoms with Crippen LogP contribution >= 0.6 is 11.6 Å². The van der Waals surface area contributed by atoms with Crippen molar-refractivity contribution in [3.63, 3.8) is 0 Å². The summed E-state index contributed by atoms with van der Waals surface area (Å²) in [6, 6.07) is 7.26. The largest absolute Gasteiger partial charge is 0.489 e. The quantitative estimate of drug-likeness (QED) is 0.211. The molecule has 7 nitrogen and oxygen atoms in total. The molecule has 1 saturated heterocycles. The summed E-state index contributed by atoms with van der Waals surface area (Å²) in [6.45, 7) is 3.61. The van der Waals surface area contributed by atoms with Crippen molar-refractivity contribution in [3.8, 4) is 5.75 Å². The molecular formula is C23H29ClN4O3. The Hall–Kier alpha value is -2.54. The van der Waals surface area contributed by atoms with Crippen LogP contribution in [0.5, 0.6) is 5.75 Å². The monoisotopic (exact) mass is 444 g/mol. The lowest BCUT2D eigenvalue weighted by Crippen LogP contribution is -2.43. The number of fused-ring (bicyclic) bond motifs is 5. The van der Waals surface area contributed by atoms with E-state index in [0.717, 1.165) is 12.2 Å². The summed E-state index contributed by atoms with van der Waals surface area (Å²) in [6.07, 6.45) is 5.81. The number of imide groups is 1. The van der Waals surface area contributed by atoms with Crippen LogP contribution in [0, 0.1) is 23.7 Å². The average molecular weight is 445 g/mol. The van der Waals surface area contributed by atoms with Crippen molar-refractivity contribution in [1.29, 1.82) is 0 Å². The van der Waals surface area contributed by atoms with Gasteiger partial charge in [0.2, 0.25) is 11.8 Å². The van der Waals surface area contributed by atoms with Gasteiger partial charge in [0.15, 0.2) is 5.96 Å². The zero-order chi connectivity index (χ0) is 22.0. The number of rotatable bonds is 8. The van der Waals surface area contributed by atoms with Crippen molar-refractivity contribution < 1.29 is 14.3 Å². The van der Waals surface area contributed by atoms with Crippen LogP contribution in [0.15, 0.2) is 41.4 Å². The van der Waals surface area contributed by atoms with E-state index in [1.807, 2.05) is 19.1 Å². The SMILES string of the molecule is CN=C(NCCCN1C(=O)C2C3C=CC(C3)C2C1=O)NCC(C)Oc1ccc(Cl)cc1. The minimum Gasteiger partial charge on any atom is -0.489 e. The summed E-state index contributed by atoms with van der Waals surface area (Å²) in [7, 11) is 1.71. The predicted octanol–water partition coefficient (Wildman–Crippen LogP) is 2.47. The fourth-order valence-electron chi connectivity index (χ4n) is 4.88. The van der Waals surface area contributed by atoms with Crippen molar-refractivity contribution in [3.05, 3.63) is 41.4 Å². The van der Waals surface area contributed by atoms with Crippen molar-refractivity contribution >= 4 is 29.4 Å². The number of allylic oxidation sites excluding steroid dienone is 2. The predicted molar refractivity (Wildman–Crippen MR) is 120 cm³/mol. The molecule has 1 aromatic rings. The smallest absolute Gasteiger partial charge is 0.233 e. The molecule has 2 N–H and O–H groups in total. The molecule has 8 heteroatoms. The molecule has 1 aliphatic heterocycles. The minimum atomic E-state index is -0.119. The number of guanidine groups is 1. The van der Waals surface area contributed by atoms with Gasteiger partial charge in [-0.25, -0.2) is 0 Å². The molecule has 2 amide bonds. The fourth-order valence-corrected chi connectivity index (χ4v) is 5.00. The van der Waals surface area contributed by atoms with Crippen LogP contribution in [0.2, 0.25) is 5.02 Å². The lowest BCUT2D eigenvalue weighted by Gasteiger charge is -2.19. The van der Waals surface area contributed by atoms with E-state index in [1.54, 1.807) is 19.2 Å². The molecule has 1 heterocycles. The van der Waals surface area contributed by atoms with Gasteiger partial charge in [-0.15, -0.1) is 0 Å². The Balaban J connectivity index is 1.17. The summed E-state index contributed by atoms with van der Waals surface area (Å²) >= 11 is 5.89. The van der Waals surface area contributed by atoms with Crippen LogP contribution in [0.4, 0.5) is 0 Å². The lowest BCUT2D eigenvalue weighted by molar-refractivity contribution is -0.140. The van der Waals surface area contributed by atoms with E-state index in [2.05, 4.69) is 27.8 Å². The first-order valence-corrected chi connectivity index (χ1v) is 11.3. The highest BCUT2D eigenvalue weighted by molar-refractivity contribution is 6.30. The van der Waals surface area contributed by atoms with E-state index in [0.29, 0.717) is 37.0 Å². The van der Waals surface area contributed by atoms with Gasteiger partial charge in [-0.05, 0) is 55.9 Å². The third kappa shape index (κ3) is 4.56. The molecule has 2 bridgehead atoms. The summed E-state index contributed by atoms with van der Waals surface area (Å²) in [5.41, 5.74) is 0. The van der Waals surface area contributed by atoms with E-state index < -0.39 is 0 Å². The van der Waals surface area contributed by atoms with Crippen molar-refractivity contribution in [2.24, 2.45) is 28.7 Å². The third-order valence-corrected chi connectivity index (χ3v) is 6.60. The molecule has 0 aromatic heterocycles. The van der Waals surface area contributed by atoms with Gasteiger partial charge in [-0.3, -0.25) is 19.5 Å². The second-order valence-corrected chi connectivity index (χ2v) is 8.88. The molecule has 31 heavy (non-hydrogen) atoms. The van der Waals surface area contributed by atoms with Gasteiger partial charge in [-0.1, -0.05) is 23.8 Å². The highest BCUT2D eigenvalue weighted by Gasteiger charge is 2.58. The summed E-state index contributed by atoms with van der Waals surface area (Å²) in [5, 5.41) is 7.14. The van der Waals surface area contributed by atoms with Gasteiger partial charge < -0.3 is 15.4 Å². The first-order chi connectivity index (χ1) is 15.0. The number of carbonyl (C=O) groups is 2. The first kappa shape index (κ1) is 21.7. The topological polar surface area (TPSA) is 83.0 Å². The standard InChI is InChI=1S/C23H29ClN4O3/c1-14(31-18-8-6-17(24)7-9-18)13-27-23(25-2)26-10-3-11-28-21(29)19-15-4-5-16(12-15)20(19)22(28)30/h4-9,14-16,19-20H,3,10-13H2,1-2H3,(H2,25,26,27). The lowest BCUT2D eigenvalue weighted by atomic mass is 9.85. The van der Waals surface area contributed by atoms with Crippen LogP contribution in [0.3, 0.4) is 0 Å². The van der Waals surface area contributed by atoms with Crippen LogP contribution in [-0.2, 0) is 9.59 Å². The molecular weight excluding hydrogens is 416 g/mol. The number of halogens is 1. The second kappa shape index (κ2) is 9.30. The normalized spacial score (nSPS) is 27.6. The van der Waals surface area contributed by atoms with E-state index >= 15 is 0 Å². The molecule has 4 rings (SSSR count). The van der Waals surface area contributed by atoms with Crippen molar-refractivity contribution in [2.75, 3.05) is 26.7 Å². The molecule has 166 valence electrons. The maximum atomic E-state index is 12.7. The molecule has 3 aliphatic rings. The maximum absolute atomic E-state index is 12.7. The Kier molecular flexibility index (Phi) is 6.51. The van der Waals surface area contributed by atoms with Gasteiger partial charge >= 0.3 is 0 Å². The van der Waals surface area contributed by atoms with E-state index in [9.17, 15) is 9.59 Å². The summed E-state index contributed by atoms with van der Waals surface area (Å²) in [5.74, 6) is 1.73. The number of hydrogen-bond donors (Lipinski definition) is 2.